The minimum absolute atomic E-state index is 0.0369. The highest BCUT2D eigenvalue weighted by Gasteiger charge is 2.34. The summed E-state index contributed by atoms with van der Waals surface area (Å²) in [5.74, 6) is -1.09. The number of rotatable bonds is 9. The molecule has 2 atom stereocenters. The number of halogens is 2. The number of aromatic nitrogens is 4. The average molecular weight is 556 g/mol. The highest BCUT2D eigenvalue weighted by molar-refractivity contribution is 6.19. The third-order valence-corrected chi connectivity index (χ3v) is 7.34. The van der Waals surface area contributed by atoms with Crippen LogP contribution in [0.1, 0.15) is 53.7 Å². The smallest absolute Gasteiger partial charge is 0.151 e. The minimum Gasteiger partial charge on any atom is -0.378 e. The third-order valence-electron chi connectivity index (χ3n) is 7.34. The third kappa shape index (κ3) is 5.13. The van der Waals surface area contributed by atoms with Gasteiger partial charge in [-0.1, -0.05) is 47.7 Å². The van der Waals surface area contributed by atoms with E-state index >= 15 is 4.39 Å². The van der Waals surface area contributed by atoms with E-state index in [9.17, 15) is 14.9 Å². The lowest BCUT2D eigenvalue weighted by Gasteiger charge is -2.32. The van der Waals surface area contributed by atoms with Gasteiger partial charge in [-0.05, 0) is 48.2 Å². The van der Waals surface area contributed by atoms with Gasteiger partial charge in [0.25, 0.3) is 0 Å². The molecule has 0 saturated heterocycles. The fraction of sp³-hybridized carbons (Fsp3) is 0.194. The maximum atomic E-state index is 15.6. The second kappa shape index (κ2) is 10.9. The molecule has 0 bridgehead atoms. The topological polar surface area (TPSA) is 115 Å². The summed E-state index contributed by atoms with van der Waals surface area (Å²) in [6.45, 7) is 0. The van der Waals surface area contributed by atoms with Crippen LogP contribution in [0, 0.1) is 34.3 Å². The van der Waals surface area contributed by atoms with E-state index < -0.39 is 23.1 Å². The Morgan fingerprint density at radius 2 is 1.83 bits per heavy atom. The van der Waals surface area contributed by atoms with Crippen molar-refractivity contribution in [2.75, 3.05) is 10.6 Å². The van der Waals surface area contributed by atoms with Gasteiger partial charge in [-0.3, -0.25) is 4.98 Å². The molecule has 1 saturated carbocycles. The molecule has 2 radical (unpaired) electrons. The Hall–Kier alpha value is -5.29. The number of hydrogen-bond acceptors (Lipinski definition) is 7. The van der Waals surface area contributed by atoms with Crippen molar-refractivity contribution in [3.63, 3.8) is 0 Å². The number of nitrogens with zero attached hydrogens (tertiary/aromatic N) is 6. The lowest BCUT2D eigenvalue weighted by atomic mass is 9.69. The van der Waals surface area contributed by atoms with Crippen LogP contribution in [0.25, 0.3) is 10.9 Å². The van der Waals surface area contributed by atoms with E-state index in [1.165, 1.54) is 36.5 Å². The zero-order chi connectivity index (χ0) is 29.3. The van der Waals surface area contributed by atoms with Crippen molar-refractivity contribution in [3.05, 3.63) is 113 Å². The number of fused-ring (bicyclic) bond motifs is 1. The summed E-state index contributed by atoms with van der Waals surface area (Å²) in [4.78, 5) is 4.20. The highest BCUT2D eigenvalue weighted by atomic mass is 19.1. The van der Waals surface area contributed by atoms with Crippen molar-refractivity contribution >= 4 is 30.1 Å². The van der Waals surface area contributed by atoms with E-state index in [0.717, 1.165) is 18.4 Å². The molecule has 1 aliphatic carbocycles. The molecule has 6 rings (SSSR count). The van der Waals surface area contributed by atoms with Crippen LogP contribution in [0.2, 0.25) is 0 Å². The SMILES string of the molecule is [B]C(Nc1cc(F)c2ncc(C#N)c(NC(CC#N)c3ccccc3)c2c1)(c1ccc(F)cc1)c1cn(C2CC2)nn1. The predicted octanol–water partition coefficient (Wildman–Crippen LogP) is 5.86. The number of pyridine rings is 1. The first-order valence-corrected chi connectivity index (χ1v) is 13.4. The summed E-state index contributed by atoms with van der Waals surface area (Å²) in [6, 6.07) is 21.9. The molecule has 0 amide bonds. The first kappa shape index (κ1) is 26.9. The Labute approximate surface area is 242 Å². The molecular weight excluding hydrogens is 533 g/mol. The molecule has 2 N–H and O–H groups in total. The molecule has 0 spiro atoms. The Morgan fingerprint density at radius 1 is 1.07 bits per heavy atom. The number of hydrogen-bond donors (Lipinski definition) is 2. The molecular formula is C31H23BF2N8. The lowest BCUT2D eigenvalue weighted by Crippen LogP contribution is -2.38. The van der Waals surface area contributed by atoms with E-state index in [1.54, 1.807) is 16.9 Å². The van der Waals surface area contributed by atoms with Gasteiger partial charge < -0.3 is 10.6 Å². The van der Waals surface area contributed by atoms with Gasteiger partial charge in [0.05, 0.1) is 47.5 Å². The summed E-state index contributed by atoms with van der Waals surface area (Å²) >= 11 is 0. The molecule has 1 fully saturated rings. The lowest BCUT2D eigenvalue weighted by molar-refractivity contribution is 0.610. The van der Waals surface area contributed by atoms with Crippen molar-refractivity contribution in [2.24, 2.45) is 0 Å². The van der Waals surface area contributed by atoms with Crippen molar-refractivity contribution in [2.45, 2.75) is 36.8 Å². The average Bonchev–Trinajstić information content (AvgIpc) is 3.73. The summed E-state index contributed by atoms with van der Waals surface area (Å²) in [6.07, 6.45) is 5.11. The van der Waals surface area contributed by atoms with Crippen LogP contribution in [0.4, 0.5) is 20.2 Å². The van der Waals surface area contributed by atoms with Crippen LogP contribution in [0.15, 0.2) is 79.1 Å². The van der Waals surface area contributed by atoms with Crippen LogP contribution in [0.5, 0.6) is 0 Å². The van der Waals surface area contributed by atoms with Crippen LogP contribution in [-0.2, 0) is 5.44 Å². The number of benzene rings is 3. The monoisotopic (exact) mass is 556 g/mol. The zero-order valence-corrected chi connectivity index (χ0v) is 22.3. The van der Waals surface area contributed by atoms with E-state index in [1.807, 2.05) is 30.3 Å². The molecule has 8 nitrogen and oxygen atoms in total. The van der Waals surface area contributed by atoms with Crippen molar-refractivity contribution in [1.82, 2.24) is 20.0 Å². The summed E-state index contributed by atoms with van der Waals surface area (Å²) in [5.41, 5.74) is 0.982. The molecule has 3 aromatic carbocycles. The first-order valence-electron chi connectivity index (χ1n) is 13.4. The molecule has 11 heteroatoms. The molecule has 204 valence electrons. The van der Waals surface area contributed by atoms with E-state index in [0.29, 0.717) is 22.3 Å². The standard InChI is InChI=1S/C31H23BF2N8/c32-31(21-6-8-22(33)9-7-21,28-18-42(41-40-28)24-10-11-24)39-23-14-25-29(20(16-36)17-37-30(25)26(34)15-23)38-27(12-13-35)19-4-2-1-3-5-19/h1-9,14-15,17-18,24,27,39H,10-12H2,(H,37,38). The van der Waals surface area contributed by atoms with Gasteiger partial charge in [-0.15, -0.1) is 5.10 Å². The summed E-state index contributed by atoms with van der Waals surface area (Å²) < 4.78 is 31.2. The van der Waals surface area contributed by atoms with Gasteiger partial charge in [0, 0.05) is 17.3 Å². The zero-order valence-electron chi connectivity index (χ0n) is 22.3. The number of anilines is 2. The molecule has 2 unspecified atom stereocenters. The molecule has 0 aliphatic heterocycles. The van der Waals surface area contributed by atoms with Gasteiger partial charge >= 0.3 is 0 Å². The van der Waals surface area contributed by atoms with E-state index in [-0.39, 0.29) is 29.2 Å². The Balaban J connectivity index is 1.46. The predicted molar refractivity (Wildman–Crippen MR) is 154 cm³/mol. The Morgan fingerprint density at radius 3 is 2.52 bits per heavy atom. The normalized spacial score (nSPS) is 14.9. The largest absolute Gasteiger partial charge is 0.378 e. The fourth-order valence-corrected chi connectivity index (χ4v) is 4.97. The molecule has 42 heavy (non-hydrogen) atoms. The minimum atomic E-state index is -1.51. The summed E-state index contributed by atoms with van der Waals surface area (Å²) in [5, 5.41) is 34.8. The highest BCUT2D eigenvalue weighted by Crippen LogP contribution is 2.38. The Bertz CT molecular complexity index is 1840. The quantitative estimate of drug-likeness (QED) is 0.219. The van der Waals surface area contributed by atoms with Crippen molar-refractivity contribution < 1.29 is 8.78 Å². The first-order chi connectivity index (χ1) is 20.4. The van der Waals surface area contributed by atoms with Gasteiger partial charge in [0.1, 0.15) is 30.9 Å². The van der Waals surface area contributed by atoms with Crippen molar-refractivity contribution in [3.8, 4) is 12.1 Å². The second-order valence-corrected chi connectivity index (χ2v) is 10.2. The molecule has 1 aliphatic rings. The van der Waals surface area contributed by atoms with E-state index in [2.05, 4.69) is 38.1 Å². The Kier molecular flexibility index (Phi) is 7.01. The molecule has 2 heterocycles. The van der Waals surface area contributed by atoms with Crippen LogP contribution >= 0.6 is 0 Å². The van der Waals surface area contributed by atoms with E-state index in [4.69, 9.17) is 7.85 Å². The second-order valence-electron chi connectivity index (χ2n) is 10.2. The fourth-order valence-electron chi connectivity index (χ4n) is 4.97. The maximum absolute atomic E-state index is 15.6. The van der Waals surface area contributed by atoms with Crippen LogP contribution in [-0.4, -0.2) is 27.8 Å². The molecule has 2 aromatic heterocycles. The van der Waals surface area contributed by atoms with Gasteiger partial charge in [0.2, 0.25) is 0 Å². The number of nitriles is 2. The molecule has 5 aromatic rings. The maximum Gasteiger partial charge on any atom is 0.151 e. The van der Waals surface area contributed by atoms with Gasteiger partial charge in [-0.2, -0.15) is 10.5 Å². The van der Waals surface area contributed by atoms with Crippen LogP contribution in [0.3, 0.4) is 0 Å². The summed E-state index contributed by atoms with van der Waals surface area (Å²) in [7, 11) is 6.95. The van der Waals surface area contributed by atoms with Gasteiger partial charge in [0.15, 0.2) is 5.82 Å². The van der Waals surface area contributed by atoms with Crippen LogP contribution < -0.4 is 10.6 Å². The van der Waals surface area contributed by atoms with Gasteiger partial charge in [-0.25, -0.2) is 13.5 Å². The van der Waals surface area contributed by atoms with Crippen molar-refractivity contribution in [1.29, 1.82) is 10.5 Å². The number of nitrogens with one attached hydrogen (secondary N) is 2.